The van der Waals surface area contributed by atoms with E-state index in [0.29, 0.717) is 11.1 Å². The molecule has 0 bridgehead atoms. The zero-order chi connectivity index (χ0) is 13.9. The zero-order valence-electron chi connectivity index (χ0n) is 10.6. The molecule has 3 heteroatoms. The van der Waals surface area contributed by atoms with E-state index >= 15 is 0 Å². The van der Waals surface area contributed by atoms with Crippen molar-refractivity contribution >= 4 is 21.7 Å². The standard InChI is InChI=1S/C16H15BrO2/c1-16(17,14(18)12-8-4-2-5-9-12)15(19)13-10-6-3-7-11-13/h2-11,14,18H,1H3/t14-,16+/m1/s1. The van der Waals surface area contributed by atoms with Gasteiger partial charge in [-0.15, -0.1) is 0 Å². The lowest BCUT2D eigenvalue weighted by molar-refractivity contribution is 0.0794. The smallest absolute Gasteiger partial charge is 0.182 e. The third kappa shape index (κ3) is 2.94. The number of aliphatic hydroxyl groups excluding tert-OH is 1. The summed E-state index contributed by atoms with van der Waals surface area (Å²) in [5.41, 5.74) is 1.29. The normalized spacial score (nSPS) is 15.5. The number of halogens is 1. The van der Waals surface area contributed by atoms with Crippen molar-refractivity contribution in [3.63, 3.8) is 0 Å². The molecule has 0 aliphatic heterocycles. The highest BCUT2D eigenvalue weighted by Crippen LogP contribution is 2.36. The quantitative estimate of drug-likeness (QED) is 0.688. The predicted molar refractivity (Wildman–Crippen MR) is 79.5 cm³/mol. The van der Waals surface area contributed by atoms with Crippen LogP contribution in [0.1, 0.15) is 28.9 Å². The van der Waals surface area contributed by atoms with Crippen LogP contribution < -0.4 is 0 Å². The number of ketones is 1. The maximum atomic E-state index is 12.5. The summed E-state index contributed by atoms with van der Waals surface area (Å²) in [5, 5.41) is 10.4. The van der Waals surface area contributed by atoms with E-state index in [1.807, 2.05) is 48.5 Å². The Kier molecular flexibility index (Phi) is 4.17. The van der Waals surface area contributed by atoms with Crippen LogP contribution in [0, 0.1) is 0 Å². The van der Waals surface area contributed by atoms with E-state index in [-0.39, 0.29) is 5.78 Å². The second kappa shape index (κ2) is 5.68. The van der Waals surface area contributed by atoms with Crippen LogP contribution in [0.4, 0.5) is 0 Å². The Hall–Kier alpha value is -1.45. The van der Waals surface area contributed by atoms with Gasteiger partial charge < -0.3 is 5.11 Å². The minimum Gasteiger partial charge on any atom is -0.386 e. The van der Waals surface area contributed by atoms with E-state index in [4.69, 9.17) is 0 Å². The number of carbonyl (C=O) groups excluding carboxylic acids is 1. The number of carbonyl (C=O) groups is 1. The molecule has 0 saturated heterocycles. The van der Waals surface area contributed by atoms with Gasteiger partial charge in [0.2, 0.25) is 0 Å². The van der Waals surface area contributed by atoms with Gasteiger partial charge in [0.15, 0.2) is 5.78 Å². The topological polar surface area (TPSA) is 37.3 Å². The molecule has 0 spiro atoms. The molecule has 2 nitrogen and oxygen atoms in total. The van der Waals surface area contributed by atoms with Gasteiger partial charge in [0.25, 0.3) is 0 Å². The number of hydrogen-bond acceptors (Lipinski definition) is 2. The molecule has 0 fully saturated rings. The van der Waals surface area contributed by atoms with Crippen LogP contribution >= 0.6 is 15.9 Å². The molecular weight excluding hydrogens is 304 g/mol. The Morgan fingerprint density at radius 1 is 1.05 bits per heavy atom. The lowest BCUT2D eigenvalue weighted by Gasteiger charge is -2.27. The second-order valence-corrected chi connectivity index (χ2v) is 6.23. The molecule has 0 aliphatic carbocycles. The van der Waals surface area contributed by atoms with Crippen molar-refractivity contribution in [2.75, 3.05) is 0 Å². The molecule has 0 radical (unpaired) electrons. The largest absolute Gasteiger partial charge is 0.386 e. The third-order valence-corrected chi connectivity index (χ3v) is 3.90. The van der Waals surface area contributed by atoms with Crippen LogP contribution in [-0.2, 0) is 0 Å². The molecule has 0 heterocycles. The lowest BCUT2D eigenvalue weighted by Crippen LogP contribution is -2.35. The van der Waals surface area contributed by atoms with Gasteiger partial charge in [0.1, 0.15) is 10.4 Å². The van der Waals surface area contributed by atoms with Crippen LogP contribution in [0.2, 0.25) is 0 Å². The average molecular weight is 319 g/mol. The summed E-state index contributed by atoms with van der Waals surface area (Å²) in [6.07, 6.45) is -0.901. The van der Waals surface area contributed by atoms with Crippen molar-refractivity contribution in [3.8, 4) is 0 Å². The van der Waals surface area contributed by atoms with Gasteiger partial charge in [-0.2, -0.15) is 0 Å². The number of rotatable bonds is 4. The van der Waals surface area contributed by atoms with Gasteiger partial charge in [-0.1, -0.05) is 76.6 Å². The van der Waals surface area contributed by atoms with Crippen LogP contribution in [0.5, 0.6) is 0 Å². The molecule has 0 aromatic heterocycles. The Labute approximate surface area is 121 Å². The van der Waals surface area contributed by atoms with Crippen molar-refractivity contribution in [2.24, 2.45) is 0 Å². The first kappa shape index (κ1) is 14.0. The van der Waals surface area contributed by atoms with E-state index in [0.717, 1.165) is 0 Å². The Morgan fingerprint density at radius 3 is 2.05 bits per heavy atom. The summed E-state index contributed by atoms with van der Waals surface area (Å²) in [5.74, 6) is -0.135. The van der Waals surface area contributed by atoms with E-state index in [1.54, 1.807) is 19.1 Å². The Bertz CT molecular complexity index is 549. The van der Waals surface area contributed by atoms with Crippen molar-refractivity contribution in [3.05, 3.63) is 71.8 Å². The first-order valence-electron chi connectivity index (χ1n) is 6.05. The highest BCUT2D eigenvalue weighted by atomic mass is 79.9. The fraction of sp³-hybridized carbons (Fsp3) is 0.188. The molecule has 2 aromatic rings. The molecule has 1 N–H and O–H groups in total. The maximum absolute atomic E-state index is 12.5. The highest BCUT2D eigenvalue weighted by Gasteiger charge is 2.39. The molecule has 2 rings (SSSR count). The lowest BCUT2D eigenvalue weighted by atomic mass is 9.90. The third-order valence-electron chi connectivity index (χ3n) is 3.11. The molecule has 2 aromatic carbocycles. The van der Waals surface area contributed by atoms with Gasteiger partial charge in [0, 0.05) is 5.56 Å². The molecule has 19 heavy (non-hydrogen) atoms. The summed E-state index contributed by atoms with van der Waals surface area (Å²) in [7, 11) is 0. The first-order chi connectivity index (χ1) is 9.03. The van der Waals surface area contributed by atoms with Crippen molar-refractivity contribution in [1.82, 2.24) is 0 Å². The second-order valence-electron chi connectivity index (χ2n) is 4.58. The van der Waals surface area contributed by atoms with Crippen LogP contribution in [-0.4, -0.2) is 15.2 Å². The molecule has 2 atom stereocenters. The fourth-order valence-electron chi connectivity index (χ4n) is 1.94. The summed E-state index contributed by atoms with van der Waals surface area (Å²) in [4.78, 5) is 12.5. The molecule has 0 amide bonds. The van der Waals surface area contributed by atoms with Crippen LogP contribution in [0.15, 0.2) is 60.7 Å². The van der Waals surface area contributed by atoms with E-state index in [9.17, 15) is 9.90 Å². The molecular formula is C16H15BrO2. The van der Waals surface area contributed by atoms with E-state index < -0.39 is 10.4 Å². The molecule has 0 aliphatic rings. The van der Waals surface area contributed by atoms with Crippen molar-refractivity contribution in [1.29, 1.82) is 0 Å². The van der Waals surface area contributed by atoms with Crippen LogP contribution in [0.25, 0.3) is 0 Å². The van der Waals surface area contributed by atoms with Crippen molar-refractivity contribution < 1.29 is 9.90 Å². The van der Waals surface area contributed by atoms with Gasteiger partial charge in [-0.05, 0) is 12.5 Å². The minimum absolute atomic E-state index is 0.135. The van der Waals surface area contributed by atoms with Crippen LogP contribution in [0.3, 0.4) is 0 Å². The van der Waals surface area contributed by atoms with Gasteiger partial charge >= 0.3 is 0 Å². The van der Waals surface area contributed by atoms with E-state index in [2.05, 4.69) is 15.9 Å². The predicted octanol–water partition coefficient (Wildman–Crippen LogP) is 3.76. The average Bonchev–Trinajstić information content (AvgIpc) is 2.47. The van der Waals surface area contributed by atoms with E-state index in [1.165, 1.54) is 0 Å². The van der Waals surface area contributed by atoms with Gasteiger partial charge in [0.05, 0.1) is 0 Å². The summed E-state index contributed by atoms with van der Waals surface area (Å²) >= 11 is 3.39. The summed E-state index contributed by atoms with van der Waals surface area (Å²) in [6, 6.07) is 18.2. The maximum Gasteiger partial charge on any atom is 0.182 e. The molecule has 0 unspecified atom stereocenters. The Morgan fingerprint density at radius 2 is 1.53 bits per heavy atom. The molecule has 0 saturated carbocycles. The minimum atomic E-state index is -1.05. The SMILES string of the molecule is C[C@@](Br)(C(=O)c1ccccc1)[C@H](O)c1ccccc1. The molecule has 98 valence electrons. The number of aliphatic hydroxyl groups is 1. The number of benzene rings is 2. The fourth-order valence-corrected chi connectivity index (χ4v) is 2.44. The van der Waals surface area contributed by atoms with Gasteiger partial charge in [-0.3, -0.25) is 4.79 Å². The Balaban J connectivity index is 2.30. The summed E-state index contributed by atoms with van der Waals surface area (Å²) < 4.78 is -1.05. The van der Waals surface area contributed by atoms with Crippen molar-refractivity contribution in [2.45, 2.75) is 17.4 Å². The first-order valence-corrected chi connectivity index (χ1v) is 6.84. The number of Topliss-reactive ketones (excluding diaryl/α,β-unsaturated/α-hetero) is 1. The van der Waals surface area contributed by atoms with Gasteiger partial charge in [-0.25, -0.2) is 0 Å². The number of alkyl halides is 1. The zero-order valence-corrected chi connectivity index (χ0v) is 12.2. The summed E-state index contributed by atoms with van der Waals surface area (Å²) in [6.45, 7) is 1.69. The number of hydrogen-bond donors (Lipinski definition) is 1. The highest BCUT2D eigenvalue weighted by molar-refractivity contribution is 9.10. The monoisotopic (exact) mass is 318 g/mol.